The molecule has 2 atom stereocenters. The predicted octanol–water partition coefficient (Wildman–Crippen LogP) is 1.81. The molecular formula is C11H15O7PS. The molecule has 7 nitrogen and oxygen atoms in total. The normalized spacial score (nSPS) is 15.4. The van der Waals surface area contributed by atoms with Crippen molar-refractivity contribution in [2.75, 3.05) is 6.16 Å². The lowest BCUT2D eigenvalue weighted by atomic mass is 10.2. The Labute approximate surface area is 119 Å². The second kappa shape index (κ2) is 7.54. The zero-order valence-corrected chi connectivity index (χ0v) is 12.2. The van der Waals surface area contributed by atoms with E-state index in [1.807, 2.05) is 5.38 Å². The molecule has 3 N–H and O–H groups in total. The summed E-state index contributed by atoms with van der Waals surface area (Å²) in [5, 5.41) is 19.2. The van der Waals surface area contributed by atoms with Gasteiger partial charge in [0.15, 0.2) is 6.10 Å². The number of aryl methyl sites for hydroxylation is 1. The lowest BCUT2D eigenvalue weighted by molar-refractivity contribution is -0.146. The van der Waals surface area contributed by atoms with Gasteiger partial charge in [0.05, 0.1) is 6.16 Å². The summed E-state index contributed by atoms with van der Waals surface area (Å²) in [7, 11) is -4.07. The highest BCUT2D eigenvalue weighted by Gasteiger charge is 2.29. The molecular weight excluding hydrogens is 307 g/mol. The summed E-state index contributed by atoms with van der Waals surface area (Å²) >= 11 is 1.42. The van der Waals surface area contributed by atoms with Gasteiger partial charge in [-0.1, -0.05) is 6.07 Å². The van der Waals surface area contributed by atoms with Crippen LogP contribution in [0.3, 0.4) is 0 Å². The summed E-state index contributed by atoms with van der Waals surface area (Å²) in [5.41, 5.74) is 0. The third-order valence-electron chi connectivity index (χ3n) is 2.41. The summed E-state index contributed by atoms with van der Waals surface area (Å²) in [6.45, 7) is 0. The first kappa shape index (κ1) is 16.8. The van der Waals surface area contributed by atoms with Crippen LogP contribution in [0.4, 0.5) is 0 Å². The molecule has 0 aliphatic heterocycles. The molecule has 0 spiro atoms. The Morgan fingerprint density at radius 1 is 1.40 bits per heavy atom. The fourth-order valence-electron chi connectivity index (χ4n) is 1.43. The predicted molar refractivity (Wildman–Crippen MR) is 72.1 cm³/mol. The summed E-state index contributed by atoms with van der Waals surface area (Å²) in [5.74, 6) is -2.64. The van der Waals surface area contributed by atoms with Crippen molar-refractivity contribution in [1.82, 2.24) is 0 Å². The van der Waals surface area contributed by atoms with Crippen molar-refractivity contribution < 1.29 is 33.8 Å². The maximum Gasteiger partial charge on any atom is 0.333 e. The van der Waals surface area contributed by atoms with Gasteiger partial charge in [-0.25, -0.2) is 4.79 Å². The SMILES string of the molecule is O=C(O)CCC(OP(=O)(O)CCc1cccs1)C(=O)O. The number of carboxylic acids is 2. The summed E-state index contributed by atoms with van der Waals surface area (Å²) in [4.78, 5) is 31.8. The second-order valence-electron chi connectivity index (χ2n) is 4.06. The fourth-order valence-corrected chi connectivity index (χ4v) is 3.52. The van der Waals surface area contributed by atoms with Crippen LogP contribution in [0.5, 0.6) is 0 Å². The Morgan fingerprint density at radius 3 is 2.60 bits per heavy atom. The molecule has 0 saturated carbocycles. The number of carbonyl (C=O) groups is 2. The molecule has 1 aromatic heterocycles. The molecule has 0 bridgehead atoms. The van der Waals surface area contributed by atoms with E-state index in [0.717, 1.165) is 4.88 Å². The Morgan fingerprint density at radius 2 is 2.10 bits per heavy atom. The number of aliphatic carboxylic acids is 2. The van der Waals surface area contributed by atoms with Crippen molar-refractivity contribution in [1.29, 1.82) is 0 Å². The minimum absolute atomic E-state index is 0.204. The first-order chi connectivity index (χ1) is 9.30. The number of carboxylic acid groups (broad SMARTS) is 2. The van der Waals surface area contributed by atoms with Gasteiger partial charge in [0.25, 0.3) is 0 Å². The quantitative estimate of drug-likeness (QED) is 0.593. The summed E-state index contributed by atoms with van der Waals surface area (Å²) in [6, 6.07) is 3.60. The maximum atomic E-state index is 11.8. The standard InChI is InChI=1S/C11H15O7PS/c12-10(13)4-3-9(11(14)15)18-19(16,17)6-5-8-2-1-7-20-8/h1-2,7,9H,3-6H2,(H,12,13)(H,14,15)(H,16,17). The van der Waals surface area contributed by atoms with Gasteiger partial charge in [0.1, 0.15) is 0 Å². The van der Waals surface area contributed by atoms with Crippen LogP contribution in [0, 0.1) is 0 Å². The minimum Gasteiger partial charge on any atom is -0.481 e. The van der Waals surface area contributed by atoms with E-state index < -0.39 is 32.1 Å². The van der Waals surface area contributed by atoms with E-state index in [1.54, 1.807) is 12.1 Å². The Bertz CT molecular complexity index is 499. The van der Waals surface area contributed by atoms with Gasteiger partial charge in [0.2, 0.25) is 0 Å². The van der Waals surface area contributed by atoms with Crippen molar-refractivity contribution in [3.63, 3.8) is 0 Å². The van der Waals surface area contributed by atoms with Gasteiger partial charge in [0, 0.05) is 11.3 Å². The number of thiophene rings is 1. The van der Waals surface area contributed by atoms with Crippen LogP contribution in [0.25, 0.3) is 0 Å². The summed E-state index contributed by atoms with van der Waals surface area (Å²) in [6.07, 6.45) is -2.29. The Kier molecular flexibility index (Phi) is 6.35. The molecule has 20 heavy (non-hydrogen) atoms. The molecule has 0 aliphatic rings. The smallest absolute Gasteiger partial charge is 0.333 e. The van der Waals surface area contributed by atoms with Crippen LogP contribution in [0.15, 0.2) is 17.5 Å². The van der Waals surface area contributed by atoms with E-state index in [0.29, 0.717) is 6.42 Å². The third-order valence-corrected chi connectivity index (χ3v) is 4.72. The van der Waals surface area contributed by atoms with Crippen molar-refractivity contribution >= 4 is 30.9 Å². The first-order valence-corrected chi connectivity index (χ1v) is 8.41. The Hall–Kier alpha value is -1.21. The lowest BCUT2D eigenvalue weighted by Gasteiger charge is -2.17. The van der Waals surface area contributed by atoms with Gasteiger partial charge in [-0.2, -0.15) is 0 Å². The van der Waals surface area contributed by atoms with Crippen molar-refractivity contribution in [3.8, 4) is 0 Å². The van der Waals surface area contributed by atoms with E-state index in [2.05, 4.69) is 0 Å². The lowest BCUT2D eigenvalue weighted by Crippen LogP contribution is -2.24. The number of hydrogen-bond acceptors (Lipinski definition) is 5. The van der Waals surface area contributed by atoms with Gasteiger partial charge >= 0.3 is 19.5 Å². The van der Waals surface area contributed by atoms with E-state index >= 15 is 0 Å². The zero-order chi connectivity index (χ0) is 15.2. The van der Waals surface area contributed by atoms with Gasteiger partial charge in [-0.15, -0.1) is 11.3 Å². The van der Waals surface area contributed by atoms with Crippen LogP contribution < -0.4 is 0 Å². The van der Waals surface area contributed by atoms with Crippen LogP contribution in [-0.2, 0) is 25.1 Å². The molecule has 0 radical (unpaired) electrons. The molecule has 1 aromatic rings. The van der Waals surface area contributed by atoms with E-state index in [4.69, 9.17) is 14.7 Å². The summed E-state index contributed by atoms with van der Waals surface area (Å²) < 4.78 is 16.5. The Balaban J connectivity index is 2.54. The van der Waals surface area contributed by atoms with Crippen LogP contribution in [-0.4, -0.2) is 39.3 Å². The maximum absolute atomic E-state index is 11.8. The molecule has 2 unspecified atom stereocenters. The zero-order valence-electron chi connectivity index (χ0n) is 10.5. The topological polar surface area (TPSA) is 121 Å². The average Bonchev–Trinajstić information content (AvgIpc) is 2.84. The average molecular weight is 322 g/mol. The largest absolute Gasteiger partial charge is 0.481 e. The molecule has 1 heterocycles. The van der Waals surface area contributed by atoms with Crippen LogP contribution in [0.1, 0.15) is 17.7 Å². The van der Waals surface area contributed by atoms with Gasteiger partial charge in [-0.05, 0) is 24.3 Å². The van der Waals surface area contributed by atoms with E-state index in [1.165, 1.54) is 11.3 Å². The molecule has 0 saturated heterocycles. The molecule has 0 aliphatic carbocycles. The van der Waals surface area contributed by atoms with Crippen molar-refractivity contribution in [3.05, 3.63) is 22.4 Å². The molecule has 1 rings (SSSR count). The molecule has 0 fully saturated rings. The van der Waals surface area contributed by atoms with Gasteiger partial charge < -0.3 is 15.1 Å². The van der Waals surface area contributed by atoms with E-state index in [-0.39, 0.29) is 12.6 Å². The van der Waals surface area contributed by atoms with Crippen molar-refractivity contribution in [2.45, 2.75) is 25.4 Å². The minimum atomic E-state index is -4.07. The monoisotopic (exact) mass is 322 g/mol. The molecule has 0 aromatic carbocycles. The van der Waals surface area contributed by atoms with Crippen LogP contribution in [0.2, 0.25) is 0 Å². The number of rotatable bonds is 9. The highest BCUT2D eigenvalue weighted by Crippen LogP contribution is 2.44. The molecule has 9 heteroatoms. The first-order valence-electron chi connectivity index (χ1n) is 5.77. The second-order valence-corrected chi connectivity index (χ2v) is 7.02. The number of hydrogen-bond donors (Lipinski definition) is 3. The highest BCUT2D eigenvalue weighted by molar-refractivity contribution is 7.52. The van der Waals surface area contributed by atoms with Crippen molar-refractivity contribution in [2.24, 2.45) is 0 Å². The molecule has 0 amide bonds. The van der Waals surface area contributed by atoms with Crippen LogP contribution >= 0.6 is 18.9 Å². The third kappa shape index (κ3) is 6.29. The van der Waals surface area contributed by atoms with E-state index in [9.17, 15) is 19.0 Å². The van der Waals surface area contributed by atoms with Gasteiger partial charge in [-0.3, -0.25) is 13.9 Å². The highest BCUT2D eigenvalue weighted by atomic mass is 32.1. The fraction of sp³-hybridized carbons (Fsp3) is 0.455. The molecule has 112 valence electrons.